The maximum Gasteiger partial charge on any atom is 2.00 e. The Balaban J connectivity index is -0.000000180. The summed E-state index contributed by atoms with van der Waals surface area (Å²) in [6, 6.07) is 0. The second kappa shape index (κ2) is 3.44. The summed E-state index contributed by atoms with van der Waals surface area (Å²) in [5, 5.41) is 0. The Bertz CT molecular complexity index is 161. The quantitative estimate of drug-likeness (QED) is 0.340. The summed E-state index contributed by atoms with van der Waals surface area (Å²) in [4.78, 5) is 0. The van der Waals surface area contributed by atoms with E-state index < -0.39 is 28.3 Å². The summed E-state index contributed by atoms with van der Waals surface area (Å²) in [5.41, 5.74) is 0. The predicted octanol–water partition coefficient (Wildman–Crippen LogP) is 3.90. The van der Waals surface area contributed by atoms with Gasteiger partial charge in [0.15, 0.2) is 0 Å². The third-order valence-electron chi connectivity index (χ3n) is 0. The zero-order chi connectivity index (χ0) is 12.8. The van der Waals surface area contributed by atoms with E-state index in [4.69, 9.17) is 0 Å². The van der Waals surface area contributed by atoms with Crippen LogP contribution in [0.3, 0.4) is 0 Å². The average Bonchev–Trinajstić information content (AvgIpc) is 0.938. The molecule has 0 aliphatic carbocycles. The molecule has 0 aromatic carbocycles. The molecule has 0 saturated heterocycles. The summed E-state index contributed by atoms with van der Waals surface area (Å²) in [5.74, 6) is 0. The Labute approximate surface area is 117 Å². The summed E-state index contributed by atoms with van der Waals surface area (Å²) >= 11 is -22.1. The van der Waals surface area contributed by atoms with E-state index in [2.05, 4.69) is 0 Å². The molecule has 15 heteroatoms. The Kier molecular flexibility index (Phi) is 5.07. The van der Waals surface area contributed by atoms with Gasteiger partial charge in [0.05, 0.1) is 0 Å². The molecule has 0 radical (unpaired) electrons. The van der Waals surface area contributed by atoms with E-state index >= 15 is 0 Å². The van der Waals surface area contributed by atoms with Crippen molar-refractivity contribution in [2.24, 2.45) is 0 Å². The van der Waals surface area contributed by atoms with Gasteiger partial charge >= 0.3 is 119 Å². The van der Waals surface area contributed by atoms with Crippen molar-refractivity contribution in [1.29, 1.82) is 0 Å². The minimum atomic E-state index is -11.1. The van der Waals surface area contributed by atoms with Gasteiger partial charge in [-0.1, -0.05) is 0 Å². The summed E-state index contributed by atoms with van der Waals surface area (Å²) < 4.78 is 119. The van der Waals surface area contributed by atoms with E-state index in [1.807, 2.05) is 0 Å². The van der Waals surface area contributed by atoms with Crippen molar-refractivity contribution in [3.05, 3.63) is 0 Å². The van der Waals surface area contributed by atoms with Crippen LogP contribution in [-0.4, -0.2) is 77.2 Å². The van der Waals surface area contributed by atoms with Crippen molar-refractivity contribution in [2.45, 2.75) is 0 Å². The molecule has 0 aliphatic heterocycles. The molecule has 0 aromatic heterocycles. The number of rotatable bonds is 0. The molecule has 0 amide bonds. The van der Waals surface area contributed by atoms with Gasteiger partial charge in [0.25, 0.3) is 0 Å². The fourth-order valence-corrected chi connectivity index (χ4v) is 0. The van der Waals surface area contributed by atoms with Gasteiger partial charge in [0.1, 0.15) is 0 Å². The SMILES string of the molecule is F[As-](F)(F)(F)(F)F.F[As-](F)(F)(F)(F)F.[Ba+2]. The van der Waals surface area contributed by atoms with Crippen molar-refractivity contribution < 1.29 is 41.6 Å². The second-order valence-corrected chi connectivity index (χ2v) is 9.96. The van der Waals surface area contributed by atoms with E-state index in [0.29, 0.717) is 0 Å². The Morgan fingerprint density at radius 1 is 0.333 bits per heavy atom. The minimum absolute atomic E-state index is 0. The number of halogens is 12. The molecule has 0 N–H and O–H groups in total. The molecule has 15 heavy (non-hydrogen) atoms. The minimum Gasteiger partial charge on any atom is 2.00 e. The molecule has 0 aromatic rings. The normalized spacial score (nSPS) is 21.6. The van der Waals surface area contributed by atoms with Crippen molar-refractivity contribution >= 4 is 77.2 Å². The van der Waals surface area contributed by atoms with Crippen LogP contribution < -0.4 is 0 Å². The molecule has 0 aliphatic rings. The number of hydrogen-bond donors (Lipinski definition) is 0. The largest absolute Gasteiger partial charge is 2.00 e. The fraction of sp³-hybridized carbons (Fsp3) is 0. The van der Waals surface area contributed by atoms with Crippen LogP contribution in [-0.2, 0) is 0 Å². The fourth-order valence-electron chi connectivity index (χ4n) is 0. The van der Waals surface area contributed by atoms with E-state index in [0.717, 1.165) is 0 Å². The Morgan fingerprint density at radius 2 is 0.333 bits per heavy atom. The van der Waals surface area contributed by atoms with Gasteiger partial charge in [-0.15, -0.1) is 0 Å². The monoisotopic (exact) mass is 516 g/mol. The third kappa shape index (κ3) is 890. The topological polar surface area (TPSA) is 0 Å². The van der Waals surface area contributed by atoms with Gasteiger partial charge in [-0.25, -0.2) is 0 Å². The molecule has 0 unspecified atom stereocenters. The molecule has 0 bridgehead atoms. The van der Waals surface area contributed by atoms with Crippen LogP contribution in [0.4, 0.5) is 41.6 Å². The molecule has 0 spiro atoms. The van der Waals surface area contributed by atoms with E-state index in [1.54, 1.807) is 0 Å². The van der Waals surface area contributed by atoms with Gasteiger partial charge in [-0.3, -0.25) is 0 Å². The van der Waals surface area contributed by atoms with Crippen LogP contribution in [0, 0.1) is 0 Å². The average molecular weight is 515 g/mol. The van der Waals surface area contributed by atoms with Gasteiger partial charge < -0.3 is 0 Å². The summed E-state index contributed by atoms with van der Waals surface area (Å²) in [6.07, 6.45) is 0. The zero-order valence-corrected chi connectivity index (χ0v) is 14.3. The Morgan fingerprint density at radius 3 is 0.333 bits per heavy atom. The van der Waals surface area contributed by atoms with Crippen LogP contribution in [0.5, 0.6) is 0 Å². The molecule has 0 nitrogen and oxygen atoms in total. The molecule has 0 rings (SSSR count). The molecule has 0 atom stereocenters. The molecular weight excluding hydrogens is 515 g/mol. The molecule has 0 fully saturated rings. The first-order valence-electron chi connectivity index (χ1n) is 2.03. The van der Waals surface area contributed by atoms with Crippen LogP contribution in [0.2, 0.25) is 0 Å². The van der Waals surface area contributed by atoms with Crippen molar-refractivity contribution in [3.63, 3.8) is 0 Å². The van der Waals surface area contributed by atoms with Crippen molar-refractivity contribution in [1.82, 2.24) is 0 Å². The molecule has 96 valence electrons. The first-order chi connectivity index (χ1) is 4.90. The van der Waals surface area contributed by atoms with Gasteiger partial charge in [0, 0.05) is 0 Å². The van der Waals surface area contributed by atoms with Gasteiger partial charge in [-0.2, -0.15) is 0 Å². The van der Waals surface area contributed by atoms with E-state index in [9.17, 15) is 41.6 Å². The van der Waals surface area contributed by atoms with Crippen LogP contribution in [0.25, 0.3) is 0 Å². The maximum absolute atomic E-state index is 11.1. The predicted molar refractivity (Wildman–Crippen MR) is 30.6 cm³/mol. The summed E-state index contributed by atoms with van der Waals surface area (Å²) in [6.45, 7) is 0. The van der Waals surface area contributed by atoms with E-state index in [1.165, 1.54) is 0 Å². The summed E-state index contributed by atoms with van der Waals surface area (Å²) in [7, 11) is 0. The third-order valence-corrected chi connectivity index (χ3v) is 0. The smallest absolute Gasteiger partial charge is 2.00 e. The van der Waals surface area contributed by atoms with Crippen LogP contribution >= 0.6 is 0 Å². The second-order valence-electron chi connectivity index (χ2n) is 1.92. The van der Waals surface area contributed by atoms with Crippen LogP contribution in [0.1, 0.15) is 0 Å². The first-order valence-corrected chi connectivity index (χ1v) is 10.5. The molecule has 0 heterocycles. The van der Waals surface area contributed by atoms with Gasteiger partial charge in [-0.05, 0) is 0 Å². The molecule has 0 saturated carbocycles. The van der Waals surface area contributed by atoms with Crippen molar-refractivity contribution in [3.8, 4) is 0 Å². The maximum atomic E-state index is 9.91. The van der Waals surface area contributed by atoms with Crippen LogP contribution in [0.15, 0.2) is 0 Å². The van der Waals surface area contributed by atoms with E-state index in [-0.39, 0.29) is 48.9 Å². The first kappa shape index (κ1) is 22.1. The molecular formula is As2BaF12. The van der Waals surface area contributed by atoms with Crippen molar-refractivity contribution in [2.75, 3.05) is 0 Å². The standard InChI is InChI=1S/2AsF6.Ba/c2*2-1(3,4,5,6)7;/q2*-1;+2. The number of hydrogen-bond acceptors (Lipinski definition) is 0. The Hall–Kier alpha value is 1.85. The van der Waals surface area contributed by atoms with Gasteiger partial charge in [0.2, 0.25) is 0 Å². The zero-order valence-electron chi connectivity index (χ0n) is 6.14.